The second-order valence-corrected chi connectivity index (χ2v) is 8.37. The number of methoxy groups -OCH3 is 1. The first-order valence-corrected chi connectivity index (χ1v) is 10.5. The van der Waals surface area contributed by atoms with Crippen LogP contribution in [0, 0.1) is 5.92 Å². The van der Waals surface area contributed by atoms with Crippen LogP contribution in [0.5, 0.6) is 0 Å². The lowest BCUT2D eigenvalue weighted by Crippen LogP contribution is -2.41. The van der Waals surface area contributed by atoms with Gasteiger partial charge in [0.1, 0.15) is 0 Å². The minimum Gasteiger partial charge on any atom is -0.374 e. The fourth-order valence-corrected chi connectivity index (χ4v) is 4.57. The summed E-state index contributed by atoms with van der Waals surface area (Å²) >= 11 is 0. The molecule has 2 aromatic carbocycles. The van der Waals surface area contributed by atoms with Crippen molar-refractivity contribution in [2.75, 3.05) is 50.6 Å². The maximum atomic E-state index is 12.9. The van der Waals surface area contributed by atoms with Crippen LogP contribution in [0.15, 0.2) is 48.5 Å². The molecule has 0 radical (unpaired) electrons. The van der Waals surface area contributed by atoms with Gasteiger partial charge in [-0.15, -0.1) is 0 Å². The lowest BCUT2D eigenvalue weighted by Gasteiger charge is -2.36. The van der Waals surface area contributed by atoms with Gasteiger partial charge in [0.25, 0.3) is 0 Å². The molecule has 0 aromatic heterocycles. The number of hydrogen-bond acceptors (Lipinski definition) is 4. The first-order valence-electron chi connectivity index (χ1n) is 10.5. The van der Waals surface area contributed by atoms with Gasteiger partial charge >= 0.3 is 0 Å². The molecule has 0 aliphatic carbocycles. The zero-order valence-electron chi connectivity index (χ0n) is 17.7. The van der Waals surface area contributed by atoms with Gasteiger partial charge in [-0.2, -0.15) is 0 Å². The van der Waals surface area contributed by atoms with Crippen LogP contribution in [-0.2, 0) is 16.0 Å². The molecule has 0 spiro atoms. The third-order valence-electron chi connectivity index (χ3n) is 6.33. The molecule has 0 bridgehead atoms. The van der Waals surface area contributed by atoms with E-state index < -0.39 is 0 Å². The third kappa shape index (κ3) is 4.16. The van der Waals surface area contributed by atoms with Crippen molar-refractivity contribution in [1.29, 1.82) is 0 Å². The number of likely N-dealkylation sites (tertiary alicyclic amines) is 1. The Kier molecular flexibility index (Phi) is 5.88. The van der Waals surface area contributed by atoms with Crippen LogP contribution < -0.4 is 9.80 Å². The summed E-state index contributed by atoms with van der Waals surface area (Å²) in [4.78, 5) is 19.4. The molecule has 0 saturated carbocycles. The molecule has 0 N–H and O–H groups in total. The van der Waals surface area contributed by atoms with E-state index in [0.29, 0.717) is 6.42 Å². The van der Waals surface area contributed by atoms with Gasteiger partial charge in [-0.1, -0.05) is 24.3 Å². The number of amides is 1. The monoisotopic (exact) mass is 393 g/mol. The van der Waals surface area contributed by atoms with Gasteiger partial charge in [-0.25, -0.2) is 0 Å². The van der Waals surface area contributed by atoms with Crippen LogP contribution in [0.1, 0.15) is 30.2 Å². The van der Waals surface area contributed by atoms with Crippen LogP contribution >= 0.6 is 0 Å². The summed E-state index contributed by atoms with van der Waals surface area (Å²) in [5, 5.41) is 0. The molecule has 2 aromatic rings. The molecule has 1 atom stereocenters. The highest BCUT2D eigenvalue weighted by Gasteiger charge is 2.33. The first kappa shape index (κ1) is 19.9. The number of carbonyl (C=O) groups is 1. The Balaban J connectivity index is 1.49. The molecule has 1 amide bonds. The molecule has 2 heterocycles. The van der Waals surface area contributed by atoms with E-state index in [-0.39, 0.29) is 12.1 Å². The van der Waals surface area contributed by atoms with Crippen molar-refractivity contribution >= 4 is 17.3 Å². The molecule has 154 valence electrons. The Morgan fingerprint density at radius 3 is 2.45 bits per heavy atom. The van der Waals surface area contributed by atoms with Crippen LogP contribution in [0.25, 0.3) is 0 Å². The van der Waals surface area contributed by atoms with Crippen molar-refractivity contribution in [3.8, 4) is 0 Å². The van der Waals surface area contributed by atoms with E-state index in [9.17, 15) is 4.79 Å². The summed E-state index contributed by atoms with van der Waals surface area (Å²) in [6.07, 6.45) is 2.55. The number of rotatable bonds is 5. The van der Waals surface area contributed by atoms with Crippen LogP contribution in [0.2, 0.25) is 0 Å². The van der Waals surface area contributed by atoms with E-state index in [1.165, 1.54) is 31.6 Å². The molecule has 1 saturated heterocycles. The first-order chi connectivity index (χ1) is 14.1. The number of piperidine rings is 1. The van der Waals surface area contributed by atoms with E-state index in [0.717, 1.165) is 29.3 Å². The van der Waals surface area contributed by atoms with E-state index in [1.54, 1.807) is 12.0 Å². The second kappa shape index (κ2) is 8.56. The zero-order chi connectivity index (χ0) is 20.4. The maximum absolute atomic E-state index is 12.9. The van der Waals surface area contributed by atoms with Gasteiger partial charge in [0.05, 0.1) is 6.42 Å². The largest absolute Gasteiger partial charge is 0.374 e. The highest BCUT2D eigenvalue weighted by atomic mass is 16.5. The topological polar surface area (TPSA) is 36.0 Å². The average Bonchev–Trinajstić information content (AvgIpc) is 2.74. The smallest absolute Gasteiger partial charge is 0.233 e. The molecule has 5 nitrogen and oxygen atoms in total. The van der Waals surface area contributed by atoms with Gasteiger partial charge in [0.15, 0.2) is 6.23 Å². The number of benzene rings is 2. The minimum atomic E-state index is -0.379. The normalized spacial score (nSPS) is 20.6. The highest BCUT2D eigenvalue weighted by molar-refractivity contribution is 5.97. The zero-order valence-corrected chi connectivity index (χ0v) is 17.7. The molecule has 1 unspecified atom stereocenters. The molecular weight excluding hydrogens is 362 g/mol. The van der Waals surface area contributed by atoms with E-state index in [1.807, 2.05) is 36.4 Å². The molecule has 29 heavy (non-hydrogen) atoms. The summed E-state index contributed by atoms with van der Waals surface area (Å²) in [7, 11) is 6.02. The van der Waals surface area contributed by atoms with Crippen LogP contribution in [0.4, 0.5) is 11.4 Å². The van der Waals surface area contributed by atoms with E-state index in [4.69, 9.17) is 4.74 Å². The molecule has 1 fully saturated rings. The fraction of sp³-hybridized carbons (Fsp3) is 0.458. The Hall–Kier alpha value is -2.37. The van der Waals surface area contributed by atoms with Crippen molar-refractivity contribution in [3.05, 3.63) is 59.7 Å². The minimum absolute atomic E-state index is 0.0722. The number of anilines is 2. The molecule has 2 aliphatic heterocycles. The van der Waals surface area contributed by atoms with Crippen LogP contribution in [0.3, 0.4) is 0 Å². The standard InChI is InChI=1S/C24H31N3O2/c1-25-14-12-18(13-15-25)17-26(2)20-8-10-21(11-9-20)27-23(28)16-19-6-4-5-7-22(19)24(27)29-3/h4-11,18,24H,12-17H2,1-3H3. The maximum Gasteiger partial charge on any atom is 0.233 e. The number of carbonyl (C=O) groups excluding carboxylic acids is 1. The van der Waals surface area contributed by atoms with Crippen molar-refractivity contribution in [1.82, 2.24) is 4.90 Å². The lowest BCUT2D eigenvalue weighted by atomic mass is 9.96. The highest BCUT2D eigenvalue weighted by Crippen LogP contribution is 2.35. The quantitative estimate of drug-likeness (QED) is 0.776. The molecule has 5 heteroatoms. The van der Waals surface area contributed by atoms with Crippen molar-refractivity contribution in [2.45, 2.75) is 25.5 Å². The summed E-state index contributed by atoms with van der Waals surface area (Å²) < 4.78 is 5.73. The Morgan fingerprint density at radius 2 is 1.76 bits per heavy atom. The number of hydrogen-bond donors (Lipinski definition) is 0. The SMILES string of the molecule is COC1c2ccccc2CC(=O)N1c1ccc(N(C)CC2CCN(C)CC2)cc1. The summed E-state index contributed by atoms with van der Waals surface area (Å²) in [6.45, 7) is 3.45. The van der Waals surface area contributed by atoms with Gasteiger partial charge in [-0.3, -0.25) is 9.69 Å². The number of fused-ring (bicyclic) bond motifs is 1. The lowest BCUT2D eigenvalue weighted by molar-refractivity contribution is -0.121. The predicted molar refractivity (Wildman–Crippen MR) is 117 cm³/mol. The van der Waals surface area contributed by atoms with Crippen LogP contribution in [-0.4, -0.2) is 51.6 Å². The van der Waals surface area contributed by atoms with Crippen molar-refractivity contribution in [3.63, 3.8) is 0 Å². The van der Waals surface area contributed by atoms with Gasteiger partial charge < -0.3 is 14.5 Å². The summed E-state index contributed by atoms with van der Waals surface area (Å²) in [5.74, 6) is 0.817. The Labute approximate surface area is 173 Å². The average molecular weight is 394 g/mol. The van der Waals surface area contributed by atoms with Crippen molar-refractivity contribution < 1.29 is 9.53 Å². The molecule has 4 rings (SSSR count). The number of ether oxygens (including phenoxy) is 1. The van der Waals surface area contributed by atoms with Gasteiger partial charge in [-0.05, 0) is 68.7 Å². The predicted octanol–water partition coefficient (Wildman–Crippen LogP) is 3.70. The third-order valence-corrected chi connectivity index (χ3v) is 6.33. The van der Waals surface area contributed by atoms with E-state index in [2.05, 4.69) is 36.0 Å². The van der Waals surface area contributed by atoms with E-state index >= 15 is 0 Å². The summed E-state index contributed by atoms with van der Waals surface area (Å²) in [5.41, 5.74) is 4.19. The molecule has 2 aliphatic rings. The Morgan fingerprint density at radius 1 is 1.07 bits per heavy atom. The number of nitrogens with zero attached hydrogens (tertiary/aromatic N) is 3. The molecular formula is C24H31N3O2. The van der Waals surface area contributed by atoms with Gasteiger partial charge in [0, 0.05) is 37.6 Å². The van der Waals surface area contributed by atoms with Crippen molar-refractivity contribution in [2.24, 2.45) is 5.92 Å². The fourth-order valence-electron chi connectivity index (χ4n) is 4.57. The van der Waals surface area contributed by atoms with Gasteiger partial charge in [0.2, 0.25) is 5.91 Å². The summed E-state index contributed by atoms with van der Waals surface area (Å²) in [6, 6.07) is 16.3. The Bertz CT molecular complexity index is 843. The second-order valence-electron chi connectivity index (χ2n) is 8.37.